The van der Waals surface area contributed by atoms with E-state index in [1.54, 1.807) is 4.90 Å². The molecule has 1 aromatic rings. The summed E-state index contributed by atoms with van der Waals surface area (Å²) in [5.74, 6) is 0.192. The van der Waals surface area contributed by atoms with Crippen molar-refractivity contribution in [2.45, 2.75) is 18.9 Å². The first-order chi connectivity index (χ1) is 10.1. The molecule has 0 saturated carbocycles. The van der Waals surface area contributed by atoms with Crippen molar-refractivity contribution >= 4 is 23.6 Å². The number of ether oxygens (including phenoxy) is 1. The van der Waals surface area contributed by atoms with Gasteiger partial charge in [0, 0.05) is 25.9 Å². The molecule has 6 heteroatoms. The van der Waals surface area contributed by atoms with E-state index in [-0.39, 0.29) is 23.5 Å². The highest BCUT2D eigenvalue weighted by Crippen LogP contribution is 2.19. The van der Waals surface area contributed by atoms with Crippen LogP contribution in [0, 0.1) is 0 Å². The van der Waals surface area contributed by atoms with Crippen LogP contribution in [0.5, 0.6) is 5.75 Å². The maximum atomic E-state index is 11.9. The van der Waals surface area contributed by atoms with Gasteiger partial charge in [0.15, 0.2) is 0 Å². The van der Waals surface area contributed by atoms with E-state index in [4.69, 9.17) is 9.84 Å². The number of aliphatic carboxylic acids is 1. The summed E-state index contributed by atoms with van der Waals surface area (Å²) < 4.78 is 5.88. The molecule has 1 N–H and O–H groups in total. The van der Waals surface area contributed by atoms with Crippen LogP contribution in [0.1, 0.15) is 12.8 Å². The Morgan fingerprint density at radius 2 is 1.86 bits per heavy atom. The van der Waals surface area contributed by atoms with Crippen LogP contribution in [0.15, 0.2) is 30.3 Å². The van der Waals surface area contributed by atoms with Crippen molar-refractivity contribution in [1.82, 2.24) is 4.90 Å². The van der Waals surface area contributed by atoms with Gasteiger partial charge in [-0.25, -0.2) is 0 Å². The van der Waals surface area contributed by atoms with Crippen molar-refractivity contribution < 1.29 is 19.4 Å². The van der Waals surface area contributed by atoms with Crippen LogP contribution in [0.25, 0.3) is 0 Å². The van der Waals surface area contributed by atoms with Crippen LogP contribution in [0.2, 0.25) is 0 Å². The number of rotatable bonds is 6. The topological polar surface area (TPSA) is 66.8 Å². The number of nitrogens with zero attached hydrogens (tertiary/aromatic N) is 1. The van der Waals surface area contributed by atoms with Gasteiger partial charge in [0.05, 0.1) is 11.5 Å². The Bertz CT molecular complexity index is 472. The molecule has 114 valence electrons. The van der Waals surface area contributed by atoms with Crippen molar-refractivity contribution in [3.63, 3.8) is 0 Å². The van der Waals surface area contributed by atoms with Gasteiger partial charge in [-0.1, -0.05) is 18.2 Å². The Morgan fingerprint density at radius 1 is 1.19 bits per heavy atom. The van der Waals surface area contributed by atoms with Crippen LogP contribution >= 0.6 is 11.8 Å². The summed E-state index contributed by atoms with van der Waals surface area (Å²) in [6.07, 6.45) is 1.76. The van der Waals surface area contributed by atoms with Gasteiger partial charge in [-0.2, -0.15) is 0 Å². The zero-order valence-corrected chi connectivity index (χ0v) is 12.6. The van der Waals surface area contributed by atoms with Gasteiger partial charge in [0.25, 0.3) is 0 Å². The van der Waals surface area contributed by atoms with Crippen LogP contribution in [0.3, 0.4) is 0 Å². The third-order valence-corrected chi connectivity index (χ3v) is 4.19. The van der Waals surface area contributed by atoms with Gasteiger partial charge >= 0.3 is 5.97 Å². The predicted octanol–water partition coefficient (Wildman–Crippen LogP) is 1.87. The second kappa shape index (κ2) is 7.93. The molecule has 0 radical (unpaired) electrons. The number of hydrogen-bond acceptors (Lipinski definition) is 4. The maximum Gasteiger partial charge on any atom is 0.313 e. The van der Waals surface area contributed by atoms with Crippen molar-refractivity contribution in [3.8, 4) is 5.75 Å². The third kappa shape index (κ3) is 5.30. The van der Waals surface area contributed by atoms with Crippen LogP contribution in [0.4, 0.5) is 0 Å². The fourth-order valence-electron chi connectivity index (χ4n) is 2.23. The number of carbonyl (C=O) groups is 2. The van der Waals surface area contributed by atoms with Crippen molar-refractivity contribution in [2.24, 2.45) is 0 Å². The summed E-state index contributed by atoms with van der Waals surface area (Å²) in [6.45, 7) is 1.34. The number of carbonyl (C=O) groups excluding carboxylic acids is 1. The van der Waals surface area contributed by atoms with E-state index in [2.05, 4.69) is 0 Å². The van der Waals surface area contributed by atoms with Crippen molar-refractivity contribution in [3.05, 3.63) is 30.3 Å². The van der Waals surface area contributed by atoms with Crippen LogP contribution in [-0.4, -0.2) is 52.6 Å². The fraction of sp³-hybridized carbons (Fsp3) is 0.467. The normalized spacial score (nSPS) is 15.7. The van der Waals surface area contributed by atoms with Gasteiger partial charge in [0.1, 0.15) is 11.9 Å². The van der Waals surface area contributed by atoms with Gasteiger partial charge in [-0.05, 0) is 12.1 Å². The minimum atomic E-state index is -0.886. The SMILES string of the molecule is O=C(O)CSCC(=O)N1CCC(Oc2ccccc2)CC1. The zero-order chi connectivity index (χ0) is 15.1. The fourth-order valence-corrected chi connectivity index (χ4v) is 2.87. The lowest BCUT2D eigenvalue weighted by atomic mass is 10.1. The highest BCUT2D eigenvalue weighted by molar-refractivity contribution is 8.00. The molecule has 0 aromatic heterocycles. The first-order valence-electron chi connectivity index (χ1n) is 6.94. The molecular formula is C15H19NO4S. The van der Waals surface area contributed by atoms with E-state index in [9.17, 15) is 9.59 Å². The monoisotopic (exact) mass is 309 g/mol. The molecular weight excluding hydrogens is 290 g/mol. The molecule has 1 fully saturated rings. The minimum Gasteiger partial charge on any atom is -0.490 e. The lowest BCUT2D eigenvalue weighted by molar-refractivity contribution is -0.133. The first kappa shape index (κ1) is 15.7. The molecule has 1 heterocycles. The van der Waals surface area contributed by atoms with E-state index < -0.39 is 5.97 Å². The molecule has 5 nitrogen and oxygen atoms in total. The predicted molar refractivity (Wildman–Crippen MR) is 81.6 cm³/mol. The summed E-state index contributed by atoms with van der Waals surface area (Å²) in [5.41, 5.74) is 0. The van der Waals surface area contributed by atoms with Crippen molar-refractivity contribution in [1.29, 1.82) is 0 Å². The van der Waals surface area contributed by atoms with Crippen LogP contribution in [-0.2, 0) is 9.59 Å². The summed E-state index contributed by atoms with van der Waals surface area (Å²) in [5, 5.41) is 8.55. The number of carboxylic acid groups (broad SMARTS) is 1. The van der Waals surface area contributed by atoms with E-state index in [1.807, 2.05) is 30.3 Å². The van der Waals surface area contributed by atoms with Crippen LogP contribution < -0.4 is 4.74 Å². The summed E-state index contributed by atoms with van der Waals surface area (Å²) in [4.78, 5) is 24.1. The molecule has 1 aliphatic rings. The molecule has 0 spiro atoms. The molecule has 1 saturated heterocycles. The second-order valence-electron chi connectivity index (χ2n) is 4.90. The van der Waals surface area contributed by atoms with E-state index in [0.29, 0.717) is 13.1 Å². The molecule has 0 unspecified atom stereocenters. The number of carboxylic acids is 1. The Balaban J connectivity index is 1.70. The largest absolute Gasteiger partial charge is 0.490 e. The second-order valence-corrected chi connectivity index (χ2v) is 5.88. The standard InChI is InChI=1S/C15H19NO4S/c17-14(10-21-11-15(18)19)16-8-6-13(7-9-16)20-12-4-2-1-3-5-12/h1-5,13H,6-11H2,(H,18,19). The van der Waals surface area contributed by atoms with E-state index >= 15 is 0 Å². The molecule has 1 aliphatic heterocycles. The Hall–Kier alpha value is -1.69. The molecule has 2 rings (SSSR count). The number of benzene rings is 1. The molecule has 1 aromatic carbocycles. The minimum absolute atomic E-state index is 0.0133. The first-order valence-corrected chi connectivity index (χ1v) is 8.09. The number of amides is 1. The van der Waals surface area contributed by atoms with Gasteiger partial charge in [-0.15, -0.1) is 11.8 Å². The number of likely N-dealkylation sites (tertiary alicyclic amines) is 1. The van der Waals surface area contributed by atoms with E-state index in [1.165, 1.54) is 0 Å². The highest BCUT2D eigenvalue weighted by atomic mass is 32.2. The van der Waals surface area contributed by atoms with E-state index in [0.717, 1.165) is 30.4 Å². The third-order valence-electron chi connectivity index (χ3n) is 3.29. The Morgan fingerprint density at radius 3 is 2.48 bits per heavy atom. The number of para-hydroxylation sites is 1. The molecule has 0 aliphatic carbocycles. The highest BCUT2D eigenvalue weighted by Gasteiger charge is 2.23. The maximum absolute atomic E-state index is 11.9. The average molecular weight is 309 g/mol. The number of hydrogen-bond donors (Lipinski definition) is 1. The van der Waals surface area contributed by atoms with Gasteiger partial charge < -0.3 is 14.7 Å². The average Bonchev–Trinajstić information content (AvgIpc) is 2.48. The number of thioether (sulfide) groups is 1. The molecule has 21 heavy (non-hydrogen) atoms. The Kier molecular flexibility index (Phi) is 5.92. The zero-order valence-electron chi connectivity index (χ0n) is 11.7. The van der Waals surface area contributed by atoms with Gasteiger partial charge in [-0.3, -0.25) is 9.59 Å². The molecule has 0 bridgehead atoms. The van der Waals surface area contributed by atoms with Crippen molar-refractivity contribution in [2.75, 3.05) is 24.6 Å². The lowest BCUT2D eigenvalue weighted by Crippen LogP contribution is -2.42. The summed E-state index contributed by atoms with van der Waals surface area (Å²) in [7, 11) is 0. The Labute approximate surface area is 128 Å². The quantitative estimate of drug-likeness (QED) is 0.869. The summed E-state index contributed by atoms with van der Waals surface area (Å²) in [6, 6.07) is 9.68. The van der Waals surface area contributed by atoms with Gasteiger partial charge in [0.2, 0.25) is 5.91 Å². The summed E-state index contributed by atoms with van der Waals surface area (Å²) >= 11 is 1.14. The molecule has 0 atom stereocenters. The lowest BCUT2D eigenvalue weighted by Gasteiger charge is -2.32. The smallest absolute Gasteiger partial charge is 0.313 e. The number of piperidine rings is 1. The molecule has 1 amide bonds.